The summed E-state index contributed by atoms with van der Waals surface area (Å²) < 4.78 is 12.8. The number of aryl methyl sites for hydroxylation is 1. The molecule has 2 N–H and O–H groups in total. The number of nitrogens with one attached hydrogen (secondary N) is 1. The van der Waals surface area contributed by atoms with Gasteiger partial charge in [0.25, 0.3) is 5.91 Å². The molecule has 0 saturated heterocycles. The summed E-state index contributed by atoms with van der Waals surface area (Å²) in [5, 5.41) is 16.1. The highest BCUT2D eigenvalue weighted by atomic mass is 32.1. The molecule has 94 valence electrons. The first-order valence-electron chi connectivity index (χ1n) is 5.36. The lowest BCUT2D eigenvalue weighted by Crippen LogP contribution is -2.23. The van der Waals surface area contributed by atoms with Crippen LogP contribution in [0.2, 0.25) is 0 Å². The summed E-state index contributed by atoms with van der Waals surface area (Å²) >= 11 is 1.57. The Labute approximate surface area is 108 Å². The van der Waals surface area contributed by atoms with E-state index >= 15 is 0 Å². The molecule has 1 aromatic heterocycles. The van der Waals surface area contributed by atoms with Gasteiger partial charge in [0.05, 0.1) is 5.56 Å². The van der Waals surface area contributed by atoms with Gasteiger partial charge in [-0.05, 0) is 40.9 Å². The van der Waals surface area contributed by atoms with Crippen LogP contribution in [-0.2, 0) is 6.54 Å². The van der Waals surface area contributed by atoms with Crippen LogP contribution in [0, 0.1) is 12.7 Å². The summed E-state index contributed by atoms with van der Waals surface area (Å²) in [6.07, 6.45) is 0. The number of phenols is 1. The van der Waals surface area contributed by atoms with E-state index in [0.717, 1.165) is 23.3 Å². The lowest BCUT2D eigenvalue weighted by Gasteiger charge is -2.06. The largest absolute Gasteiger partial charge is 0.507 e. The van der Waals surface area contributed by atoms with Crippen LogP contribution >= 0.6 is 11.3 Å². The van der Waals surface area contributed by atoms with Gasteiger partial charge in [0.15, 0.2) is 0 Å². The predicted octanol–water partition coefficient (Wildman–Crippen LogP) is 2.83. The molecule has 0 aliphatic rings. The minimum Gasteiger partial charge on any atom is -0.507 e. The van der Waals surface area contributed by atoms with Gasteiger partial charge in [0, 0.05) is 12.6 Å². The molecule has 1 aromatic carbocycles. The van der Waals surface area contributed by atoms with E-state index in [1.54, 1.807) is 11.3 Å². The molecule has 0 fully saturated rings. The van der Waals surface area contributed by atoms with Crippen LogP contribution in [-0.4, -0.2) is 11.0 Å². The molecule has 0 unspecified atom stereocenters. The van der Waals surface area contributed by atoms with Crippen molar-refractivity contribution in [2.45, 2.75) is 13.5 Å². The average molecular weight is 265 g/mol. The first-order chi connectivity index (χ1) is 8.58. The third kappa shape index (κ3) is 2.68. The molecule has 3 nitrogen and oxygen atoms in total. The van der Waals surface area contributed by atoms with Gasteiger partial charge in [-0.15, -0.1) is 0 Å². The van der Waals surface area contributed by atoms with Crippen molar-refractivity contribution in [3.63, 3.8) is 0 Å². The Hall–Kier alpha value is -1.88. The van der Waals surface area contributed by atoms with Crippen molar-refractivity contribution >= 4 is 17.2 Å². The second-order valence-electron chi connectivity index (χ2n) is 3.92. The summed E-state index contributed by atoms with van der Waals surface area (Å²) in [6, 6.07) is 3.33. The third-order valence-corrected chi connectivity index (χ3v) is 3.52. The lowest BCUT2D eigenvalue weighted by atomic mass is 10.1. The SMILES string of the molecule is Cc1cscc1CNC(=O)c1ccc(F)cc1O. The van der Waals surface area contributed by atoms with Crippen LogP contribution in [0.25, 0.3) is 0 Å². The maximum absolute atomic E-state index is 12.8. The quantitative estimate of drug-likeness (QED) is 0.896. The zero-order valence-corrected chi connectivity index (χ0v) is 10.6. The fourth-order valence-electron chi connectivity index (χ4n) is 1.54. The molecule has 1 heterocycles. The Kier molecular flexibility index (Phi) is 3.62. The number of benzene rings is 1. The van der Waals surface area contributed by atoms with Crippen LogP contribution < -0.4 is 5.32 Å². The van der Waals surface area contributed by atoms with Gasteiger partial charge in [-0.1, -0.05) is 0 Å². The molecule has 0 radical (unpaired) electrons. The number of rotatable bonds is 3. The number of aromatic hydroxyl groups is 1. The predicted molar refractivity (Wildman–Crippen MR) is 68.3 cm³/mol. The number of halogens is 1. The van der Waals surface area contributed by atoms with E-state index in [-0.39, 0.29) is 11.3 Å². The van der Waals surface area contributed by atoms with Crippen molar-refractivity contribution in [1.82, 2.24) is 5.32 Å². The molecule has 0 aliphatic carbocycles. The molecular weight excluding hydrogens is 253 g/mol. The first-order valence-corrected chi connectivity index (χ1v) is 6.30. The number of phenolic OH excluding ortho intramolecular Hbond substituents is 1. The summed E-state index contributed by atoms with van der Waals surface area (Å²) in [5.41, 5.74) is 2.22. The van der Waals surface area contributed by atoms with E-state index in [1.165, 1.54) is 6.07 Å². The number of carbonyl (C=O) groups excluding carboxylic acids is 1. The minimum atomic E-state index is -0.572. The fraction of sp³-hybridized carbons (Fsp3) is 0.154. The zero-order chi connectivity index (χ0) is 13.1. The molecule has 1 amide bonds. The fourth-order valence-corrected chi connectivity index (χ4v) is 2.39. The number of thiophene rings is 1. The van der Waals surface area contributed by atoms with E-state index in [4.69, 9.17) is 0 Å². The van der Waals surface area contributed by atoms with Gasteiger partial charge < -0.3 is 10.4 Å². The van der Waals surface area contributed by atoms with Crippen molar-refractivity contribution < 1.29 is 14.3 Å². The summed E-state index contributed by atoms with van der Waals surface area (Å²) in [4.78, 5) is 11.8. The Morgan fingerprint density at radius 3 is 2.83 bits per heavy atom. The molecule has 18 heavy (non-hydrogen) atoms. The molecule has 0 bridgehead atoms. The van der Waals surface area contributed by atoms with Gasteiger partial charge in [-0.2, -0.15) is 11.3 Å². The van der Waals surface area contributed by atoms with Crippen molar-refractivity contribution in [3.8, 4) is 5.75 Å². The van der Waals surface area contributed by atoms with Crippen LogP contribution in [0.4, 0.5) is 4.39 Å². The number of amides is 1. The Morgan fingerprint density at radius 2 is 2.22 bits per heavy atom. The molecule has 2 aromatic rings. The molecule has 0 spiro atoms. The topological polar surface area (TPSA) is 49.3 Å². The summed E-state index contributed by atoms with van der Waals surface area (Å²) in [7, 11) is 0. The molecule has 0 aliphatic heterocycles. The van der Waals surface area contributed by atoms with Crippen molar-refractivity contribution in [3.05, 3.63) is 51.5 Å². The zero-order valence-electron chi connectivity index (χ0n) is 9.74. The highest BCUT2D eigenvalue weighted by Crippen LogP contribution is 2.18. The van der Waals surface area contributed by atoms with E-state index in [9.17, 15) is 14.3 Å². The second-order valence-corrected chi connectivity index (χ2v) is 4.67. The van der Waals surface area contributed by atoms with Gasteiger partial charge in [-0.3, -0.25) is 4.79 Å². The summed E-state index contributed by atoms with van der Waals surface area (Å²) in [6.45, 7) is 2.36. The van der Waals surface area contributed by atoms with E-state index in [2.05, 4.69) is 5.32 Å². The van der Waals surface area contributed by atoms with Gasteiger partial charge in [0.2, 0.25) is 0 Å². The summed E-state index contributed by atoms with van der Waals surface area (Å²) in [5.74, 6) is -1.34. The van der Waals surface area contributed by atoms with Crippen LogP contribution in [0.1, 0.15) is 21.5 Å². The minimum absolute atomic E-state index is 0.0734. The van der Waals surface area contributed by atoms with Crippen molar-refractivity contribution in [1.29, 1.82) is 0 Å². The average Bonchev–Trinajstić information content (AvgIpc) is 2.72. The van der Waals surface area contributed by atoms with Gasteiger partial charge in [0.1, 0.15) is 11.6 Å². The highest BCUT2D eigenvalue weighted by molar-refractivity contribution is 7.08. The second kappa shape index (κ2) is 5.18. The number of hydrogen-bond acceptors (Lipinski definition) is 3. The smallest absolute Gasteiger partial charge is 0.255 e. The Bertz CT molecular complexity index is 580. The molecule has 0 atom stereocenters. The maximum atomic E-state index is 12.8. The lowest BCUT2D eigenvalue weighted by molar-refractivity contribution is 0.0948. The van der Waals surface area contributed by atoms with E-state index in [1.807, 2.05) is 17.7 Å². The maximum Gasteiger partial charge on any atom is 0.255 e. The van der Waals surface area contributed by atoms with Crippen LogP contribution in [0.15, 0.2) is 29.0 Å². The Balaban J connectivity index is 2.06. The highest BCUT2D eigenvalue weighted by Gasteiger charge is 2.11. The number of carbonyl (C=O) groups is 1. The normalized spacial score (nSPS) is 10.3. The van der Waals surface area contributed by atoms with Crippen molar-refractivity contribution in [2.24, 2.45) is 0 Å². The van der Waals surface area contributed by atoms with Crippen molar-refractivity contribution in [2.75, 3.05) is 0 Å². The van der Waals surface area contributed by atoms with E-state index in [0.29, 0.717) is 6.54 Å². The molecule has 0 saturated carbocycles. The molecule has 5 heteroatoms. The van der Waals surface area contributed by atoms with Crippen LogP contribution in [0.3, 0.4) is 0 Å². The first kappa shape index (κ1) is 12.6. The molecular formula is C13H12FNO2S. The third-order valence-electron chi connectivity index (χ3n) is 2.61. The standard InChI is InChI=1S/C13H12FNO2S/c1-8-6-18-7-9(8)5-15-13(17)11-3-2-10(14)4-12(11)16/h2-4,6-7,16H,5H2,1H3,(H,15,17). The van der Waals surface area contributed by atoms with E-state index < -0.39 is 11.7 Å². The molecule has 2 rings (SSSR count). The monoisotopic (exact) mass is 265 g/mol. The van der Waals surface area contributed by atoms with Gasteiger partial charge >= 0.3 is 0 Å². The van der Waals surface area contributed by atoms with Crippen LogP contribution in [0.5, 0.6) is 5.75 Å². The van der Waals surface area contributed by atoms with Gasteiger partial charge in [-0.25, -0.2) is 4.39 Å². The Morgan fingerprint density at radius 1 is 1.44 bits per heavy atom. The number of hydrogen-bond donors (Lipinski definition) is 2.